The molecule has 2 heterocycles. The van der Waals surface area contributed by atoms with Gasteiger partial charge in [-0.05, 0) is 12.8 Å². The van der Waals surface area contributed by atoms with Crippen molar-refractivity contribution in [3.05, 3.63) is 0 Å². The van der Waals surface area contributed by atoms with Gasteiger partial charge in [-0.2, -0.15) is 13.2 Å². The molecule has 1 N–H and O–H groups in total. The van der Waals surface area contributed by atoms with Crippen LogP contribution in [0.25, 0.3) is 0 Å². The van der Waals surface area contributed by atoms with E-state index in [1.54, 1.807) is 0 Å². The van der Waals surface area contributed by atoms with Crippen molar-refractivity contribution in [1.82, 2.24) is 4.90 Å². The van der Waals surface area contributed by atoms with Gasteiger partial charge in [0.1, 0.15) is 5.54 Å². The Morgan fingerprint density at radius 2 is 1.81 bits per heavy atom. The normalized spacial score (nSPS) is 37.1. The third kappa shape index (κ3) is 1.06. The number of alkyl halides is 3. The van der Waals surface area contributed by atoms with Gasteiger partial charge in [-0.1, -0.05) is 0 Å². The standard InChI is InChI=1S/C9H10F3NO3/c1-5(14)13-4-7(9(10,11)12)2-8(13,3-7)6(15)16/h2-4H2,1H3,(H,15,16). The first kappa shape index (κ1) is 11.2. The van der Waals surface area contributed by atoms with Crippen LogP contribution in [0.3, 0.4) is 0 Å². The summed E-state index contributed by atoms with van der Waals surface area (Å²) in [5, 5.41) is 8.95. The number of rotatable bonds is 1. The number of carboxylic acids is 1. The second-order valence-corrected chi connectivity index (χ2v) is 4.57. The molecule has 90 valence electrons. The second kappa shape index (κ2) is 2.70. The first-order chi connectivity index (χ1) is 7.15. The fourth-order valence-electron chi connectivity index (χ4n) is 2.79. The Morgan fingerprint density at radius 1 is 1.31 bits per heavy atom. The van der Waals surface area contributed by atoms with Gasteiger partial charge in [-0.25, -0.2) is 4.79 Å². The van der Waals surface area contributed by atoms with Crippen molar-refractivity contribution in [2.75, 3.05) is 6.54 Å². The molecule has 4 nitrogen and oxygen atoms in total. The van der Waals surface area contributed by atoms with Crippen molar-refractivity contribution in [3.63, 3.8) is 0 Å². The Bertz CT molecular complexity index is 365. The molecule has 3 aliphatic rings. The third-order valence-corrected chi connectivity index (χ3v) is 3.62. The summed E-state index contributed by atoms with van der Waals surface area (Å²) < 4.78 is 38.2. The largest absolute Gasteiger partial charge is 0.479 e. The van der Waals surface area contributed by atoms with E-state index in [-0.39, 0.29) is 0 Å². The van der Waals surface area contributed by atoms with Gasteiger partial charge in [0.2, 0.25) is 5.91 Å². The summed E-state index contributed by atoms with van der Waals surface area (Å²) >= 11 is 0. The van der Waals surface area contributed by atoms with Crippen molar-refractivity contribution in [2.24, 2.45) is 5.41 Å². The van der Waals surface area contributed by atoms with Crippen LogP contribution in [0.4, 0.5) is 13.2 Å². The van der Waals surface area contributed by atoms with Crippen molar-refractivity contribution < 1.29 is 27.9 Å². The van der Waals surface area contributed by atoms with Gasteiger partial charge < -0.3 is 10.0 Å². The number of fused-ring (bicyclic) bond motifs is 1. The molecule has 0 spiro atoms. The zero-order valence-corrected chi connectivity index (χ0v) is 8.47. The predicted molar refractivity (Wildman–Crippen MR) is 45.5 cm³/mol. The SMILES string of the molecule is CC(=O)N1CC2(C(F)(F)F)CC1(C(=O)O)C2. The molecule has 0 radical (unpaired) electrons. The van der Waals surface area contributed by atoms with Crippen LogP contribution < -0.4 is 0 Å². The van der Waals surface area contributed by atoms with Crippen molar-refractivity contribution >= 4 is 11.9 Å². The zero-order valence-electron chi connectivity index (χ0n) is 8.47. The molecule has 3 fully saturated rings. The molecule has 1 aliphatic carbocycles. The molecule has 2 aliphatic heterocycles. The molecule has 0 aromatic heterocycles. The molecule has 0 aromatic rings. The fraction of sp³-hybridized carbons (Fsp3) is 0.778. The summed E-state index contributed by atoms with van der Waals surface area (Å²) in [5.41, 5.74) is -3.63. The molecular formula is C9H10F3NO3. The van der Waals surface area contributed by atoms with E-state index in [0.717, 1.165) is 11.8 Å². The maximum atomic E-state index is 12.7. The Balaban J connectivity index is 2.35. The van der Waals surface area contributed by atoms with Crippen LogP contribution >= 0.6 is 0 Å². The van der Waals surface area contributed by atoms with Gasteiger partial charge in [-0.3, -0.25) is 4.79 Å². The topological polar surface area (TPSA) is 57.6 Å². The van der Waals surface area contributed by atoms with Crippen molar-refractivity contribution in [2.45, 2.75) is 31.5 Å². The summed E-state index contributed by atoms with van der Waals surface area (Å²) in [4.78, 5) is 23.0. The van der Waals surface area contributed by atoms with Crippen LogP contribution in [0, 0.1) is 5.41 Å². The van der Waals surface area contributed by atoms with E-state index in [1.165, 1.54) is 0 Å². The molecule has 0 unspecified atom stereocenters. The summed E-state index contributed by atoms with van der Waals surface area (Å²) in [5.74, 6) is -1.97. The van der Waals surface area contributed by atoms with E-state index >= 15 is 0 Å². The number of hydrogen-bond acceptors (Lipinski definition) is 2. The molecule has 2 saturated heterocycles. The molecule has 1 amide bonds. The highest BCUT2D eigenvalue weighted by molar-refractivity contribution is 5.89. The highest BCUT2D eigenvalue weighted by Gasteiger charge is 2.78. The monoisotopic (exact) mass is 237 g/mol. The number of nitrogens with zero attached hydrogens (tertiary/aromatic N) is 1. The van der Waals surface area contributed by atoms with E-state index in [4.69, 9.17) is 5.11 Å². The number of amides is 1. The molecule has 0 atom stereocenters. The van der Waals surface area contributed by atoms with Crippen LogP contribution in [0.1, 0.15) is 19.8 Å². The van der Waals surface area contributed by atoms with Gasteiger partial charge in [0, 0.05) is 13.5 Å². The maximum Gasteiger partial charge on any atom is 0.396 e. The molecule has 0 aromatic carbocycles. The third-order valence-electron chi connectivity index (χ3n) is 3.62. The van der Waals surface area contributed by atoms with Crippen LogP contribution in [0.2, 0.25) is 0 Å². The number of aliphatic carboxylic acids is 1. The molecular weight excluding hydrogens is 227 g/mol. The minimum Gasteiger partial charge on any atom is -0.479 e. The van der Waals surface area contributed by atoms with E-state index in [2.05, 4.69) is 0 Å². The highest BCUT2D eigenvalue weighted by Crippen LogP contribution is 2.66. The smallest absolute Gasteiger partial charge is 0.396 e. The predicted octanol–water partition coefficient (Wildman–Crippen LogP) is 1.01. The molecule has 16 heavy (non-hydrogen) atoms. The quantitative estimate of drug-likeness (QED) is 0.740. The summed E-state index contributed by atoms with van der Waals surface area (Å²) in [7, 11) is 0. The lowest BCUT2D eigenvalue weighted by Crippen LogP contribution is -2.59. The number of halogens is 3. The van der Waals surface area contributed by atoms with Gasteiger partial charge in [0.05, 0.1) is 5.41 Å². The highest BCUT2D eigenvalue weighted by atomic mass is 19.4. The van der Waals surface area contributed by atoms with Gasteiger partial charge >= 0.3 is 12.1 Å². The second-order valence-electron chi connectivity index (χ2n) is 4.57. The van der Waals surface area contributed by atoms with Crippen LogP contribution in [0.5, 0.6) is 0 Å². The summed E-state index contributed by atoms with van der Waals surface area (Å²) in [6, 6.07) is 0. The minimum atomic E-state index is -4.45. The van der Waals surface area contributed by atoms with E-state index in [0.29, 0.717) is 0 Å². The molecule has 7 heteroatoms. The van der Waals surface area contributed by atoms with Crippen LogP contribution in [0.15, 0.2) is 0 Å². The molecule has 2 bridgehead atoms. The molecule has 1 saturated carbocycles. The average Bonchev–Trinajstić information content (AvgIpc) is 2.50. The van der Waals surface area contributed by atoms with Gasteiger partial charge in [-0.15, -0.1) is 0 Å². The number of hydrogen-bond donors (Lipinski definition) is 1. The lowest BCUT2D eigenvalue weighted by molar-refractivity contribution is -0.243. The molecule has 3 rings (SSSR count). The Labute approximate surface area is 89.0 Å². The zero-order chi connectivity index (χ0) is 12.4. The van der Waals surface area contributed by atoms with E-state index in [1.807, 2.05) is 0 Å². The lowest BCUT2D eigenvalue weighted by Gasteiger charge is -2.44. The van der Waals surface area contributed by atoms with Gasteiger partial charge in [0.15, 0.2) is 0 Å². The van der Waals surface area contributed by atoms with Crippen molar-refractivity contribution in [1.29, 1.82) is 0 Å². The minimum absolute atomic E-state index is 0.515. The Morgan fingerprint density at radius 3 is 2.06 bits per heavy atom. The lowest BCUT2D eigenvalue weighted by atomic mass is 9.61. The maximum absolute atomic E-state index is 12.7. The first-order valence-corrected chi connectivity index (χ1v) is 4.73. The fourth-order valence-corrected chi connectivity index (χ4v) is 2.79. The van der Waals surface area contributed by atoms with Gasteiger partial charge in [0.25, 0.3) is 0 Å². The summed E-state index contributed by atoms with van der Waals surface area (Å²) in [6.45, 7) is 0.563. The summed E-state index contributed by atoms with van der Waals surface area (Å²) in [6.07, 6.45) is -5.48. The van der Waals surface area contributed by atoms with Crippen LogP contribution in [-0.4, -0.2) is 40.1 Å². The van der Waals surface area contributed by atoms with Crippen molar-refractivity contribution in [3.8, 4) is 0 Å². The average molecular weight is 237 g/mol. The van der Waals surface area contributed by atoms with E-state index < -0.39 is 48.4 Å². The Kier molecular flexibility index (Phi) is 1.89. The first-order valence-electron chi connectivity index (χ1n) is 4.73. The van der Waals surface area contributed by atoms with Crippen LogP contribution in [-0.2, 0) is 9.59 Å². The number of carbonyl (C=O) groups is 2. The number of carbonyl (C=O) groups excluding carboxylic acids is 1. The van der Waals surface area contributed by atoms with E-state index in [9.17, 15) is 22.8 Å². The Hall–Kier alpha value is -1.27. The number of carboxylic acid groups (broad SMARTS) is 1.